The number of hydrogen-bond donors (Lipinski definition) is 0. The Labute approximate surface area is 305 Å². The Morgan fingerprint density at radius 1 is 0.0556 bits per heavy atom. The molecule has 0 bridgehead atoms. The zero-order valence-electron chi connectivity index (χ0n) is 0. The Morgan fingerprint density at radius 2 is 0.0556 bits per heavy atom. The maximum absolute atomic E-state index is 0. The van der Waals surface area contributed by atoms with Crippen molar-refractivity contribution in [3.63, 3.8) is 0 Å². The van der Waals surface area contributed by atoms with Gasteiger partial charge in [0.05, 0.1) is 0 Å². The van der Waals surface area contributed by atoms with Crippen LogP contribution < -0.4 is 0 Å². The molecule has 0 saturated carbocycles. The first kappa shape index (κ1) is 212. The lowest BCUT2D eigenvalue weighted by Gasteiger charge is 0.186. The van der Waals surface area contributed by atoms with E-state index in [0.717, 1.165) is 0 Å². The van der Waals surface area contributed by atoms with E-state index < -0.39 is 0 Å². The maximum Gasteiger partial charge on any atom is 0.187 e. The third-order valence-electron chi connectivity index (χ3n) is 0. The molecule has 0 spiro atoms. The van der Waals surface area contributed by atoms with Gasteiger partial charge in [-0.05, 0) is 0 Å². The minimum Gasteiger partial charge on any atom is 0.187 e. The maximum atomic E-state index is 0. The van der Waals surface area contributed by atoms with Crippen LogP contribution in [-0.4, -0.2) is 312 Å². The Balaban J connectivity index is 0. The van der Waals surface area contributed by atoms with Gasteiger partial charge in [0.1, 0.15) is 0 Å². The Kier molecular flexibility index (Phi) is 2230. The molecule has 18 heavy (non-hydrogen) atoms. The van der Waals surface area contributed by atoms with Gasteiger partial charge in [0.2, 0.25) is 0 Å². The molecule has 0 rings (SSSR count). The third kappa shape index (κ3) is 168. The molecule has 0 unspecified atom stereocenters. The summed E-state index contributed by atoms with van der Waals surface area (Å²) in [6.07, 6.45) is 0. The van der Waals surface area contributed by atoms with Crippen LogP contribution in [0, 0.1) is 0 Å². The molecule has 0 aromatic carbocycles. The van der Waals surface area contributed by atoms with Gasteiger partial charge in [0.25, 0.3) is 0 Å². The summed E-state index contributed by atoms with van der Waals surface area (Å²) in [5, 5.41) is 0. The highest BCUT2D eigenvalue weighted by molar-refractivity contribution is 5.77. The fraction of sp³-hybridized carbons (Fsp3) is 0. The molecule has 108 valence electrons. The lowest BCUT2D eigenvalue weighted by Crippen LogP contribution is -0.382. The van der Waals surface area contributed by atoms with Crippen molar-refractivity contribution in [1.82, 2.24) is 0 Å². The second-order valence-electron chi connectivity index (χ2n) is 0. The van der Waals surface area contributed by atoms with E-state index in [1.54, 1.807) is 0 Å². The van der Waals surface area contributed by atoms with Gasteiger partial charge in [-0.25, -0.2) is 0 Å². The van der Waals surface area contributed by atoms with Crippen LogP contribution in [0.1, 0.15) is 0 Å². The van der Waals surface area contributed by atoms with Gasteiger partial charge in [-0.3, -0.25) is 0 Å². The molecule has 0 fully saturated rings. The van der Waals surface area contributed by atoms with Crippen LogP contribution >= 0.6 is 0 Å². The average Bonchev–Trinajstić information content (AvgIpc) is 0. The summed E-state index contributed by atoms with van der Waals surface area (Å²) in [6.45, 7) is 0. The Morgan fingerprint density at radius 3 is 0.0556 bits per heavy atom. The summed E-state index contributed by atoms with van der Waals surface area (Å²) in [4.78, 5) is 0. The van der Waals surface area contributed by atoms with Crippen molar-refractivity contribution >= 4 is 312 Å². The van der Waals surface area contributed by atoms with Gasteiger partial charge < -0.3 is 0 Å². The van der Waals surface area contributed by atoms with Crippen molar-refractivity contribution in [2.24, 2.45) is 0 Å². The van der Waals surface area contributed by atoms with Gasteiger partial charge in [0, 0.05) is 0 Å². The van der Waals surface area contributed by atoms with E-state index in [1.165, 1.54) is 0 Å². The van der Waals surface area contributed by atoms with Gasteiger partial charge in [0.15, 0.2) is 312 Å². The molecular formula is H54Al18. The molecule has 0 atom stereocenters. The van der Waals surface area contributed by atoms with Gasteiger partial charge in [-0.2, -0.15) is 0 Å². The average molecular weight is 540 g/mol. The van der Waals surface area contributed by atoms with Crippen LogP contribution in [0.3, 0.4) is 0 Å². The van der Waals surface area contributed by atoms with E-state index in [1.807, 2.05) is 0 Å². The normalized spacial score (nSPS) is 0. The summed E-state index contributed by atoms with van der Waals surface area (Å²) in [7, 11) is 0. The monoisotopic (exact) mass is 540 g/mol. The smallest absolute Gasteiger partial charge is 0.187 e. The van der Waals surface area contributed by atoms with Crippen LogP contribution in [-0.2, 0) is 0 Å². The van der Waals surface area contributed by atoms with Crippen molar-refractivity contribution in [1.29, 1.82) is 0 Å². The summed E-state index contributed by atoms with van der Waals surface area (Å²) < 4.78 is 0. The molecule has 0 saturated heterocycles. The first-order valence-electron chi connectivity index (χ1n) is 0. The van der Waals surface area contributed by atoms with E-state index in [9.17, 15) is 0 Å². The summed E-state index contributed by atoms with van der Waals surface area (Å²) in [5.41, 5.74) is 0. The Hall–Kier alpha value is 9.58. The first-order chi connectivity index (χ1) is 0. The van der Waals surface area contributed by atoms with Crippen molar-refractivity contribution in [2.75, 3.05) is 0 Å². The molecular weight excluding hydrogens is 486 g/mol. The van der Waals surface area contributed by atoms with Crippen molar-refractivity contribution < 1.29 is 0 Å². The largest absolute Gasteiger partial charge is 0.187 e. The van der Waals surface area contributed by atoms with Crippen molar-refractivity contribution in [3.8, 4) is 0 Å². The summed E-state index contributed by atoms with van der Waals surface area (Å²) >= 11 is 0. The highest BCUT2D eigenvalue weighted by atomic mass is 27.0. The molecule has 0 nitrogen and oxygen atoms in total. The van der Waals surface area contributed by atoms with Crippen LogP contribution in [0.4, 0.5) is 0 Å². The fourth-order valence-corrected chi connectivity index (χ4v) is 0. The van der Waals surface area contributed by atoms with Crippen LogP contribution in [0.2, 0.25) is 0 Å². The molecule has 0 N–H and O–H groups in total. The molecule has 0 amide bonds. The minimum absolute atomic E-state index is 0. The van der Waals surface area contributed by atoms with Crippen LogP contribution in [0.5, 0.6) is 0 Å². The van der Waals surface area contributed by atoms with Crippen LogP contribution in [0.15, 0.2) is 0 Å². The first-order valence-corrected chi connectivity index (χ1v) is 0. The molecule has 0 aliphatic carbocycles. The van der Waals surface area contributed by atoms with Gasteiger partial charge in [-0.1, -0.05) is 0 Å². The van der Waals surface area contributed by atoms with Crippen LogP contribution in [0.25, 0.3) is 0 Å². The standard InChI is InChI=1S/18Al.54H. The second kappa shape index (κ2) is 189. The number of rotatable bonds is 0. The van der Waals surface area contributed by atoms with E-state index in [2.05, 4.69) is 0 Å². The summed E-state index contributed by atoms with van der Waals surface area (Å²) in [6, 6.07) is 0. The highest BCUT2D eigenvalue weighted by Gasteiger charge is 0.204. The molecule has 0 aliphatic heterocycles. The van der Waals surface area contributed by atoms with E-state index >= 15 is 0 Å². The lowest BCUT2D eigenvalue weighted by atomic mass is 27.0. The highest BCUT2D eigenvalue weighted by Crippen LogP contribution is -0.364. The topological polar surface area (TPSA) is 0 Å². The number of hydrogen-bond acceptors (Lipinski definition) is 0. The second-order valence-corrected chi connectivity index (χ2v) is 0. The molecule has 18 heteroatoms. The minimum atomic E-state index is 0. The van der Waals surface area contributed by atoms with E-state index in [0.29, 0.717) is 0 Å². The predicted molar refractivity (Wildman–Crippen MR) is 179 cm³/mol. The SMILES string of the molecule is [AlH3].[AlH3].[AlH3].[AlH3].[AlH3].[AlH3].[AlH3].[AlH3].[AlH3].[AlH3].[AlH3].[AlH3].[AlH3].[AlH3].[AlH3].[AlH3].[AlH3].[AlH3]. The van der Waals surface area contributed by atoms with Gasteiger partial charge in [-0.15, -0.1) is 0 Å². The van der Waals surface area contributed by atoms with Gasteiger partial charge >= 0.3 is 0 Å². The summed E-state index contributed by atoms with van der Waals surface area (Å²) in [5.74, 6) is 0. The van der Waals surface area contributed by atoms with E-state index in [-0.39, 0.29) is 312 Å². The lowest BCUT2D eigenvalue weighted by molar-refractivity contribution is 5.75. The Bertz CT molecular complexity index is 0. The van der Waals surface area contributed by atoms with E-state index in [4.69, 9.17) is 0 Å². The predicted octanol–water partition coefficient (Wildman–Crippen LogP) is -21.3. The third-order valence-corrected chi connectivity index (χ3v) is 0. The van der Waals surface area contributed by atoms with Crippen molar-refractivity contribution in [3.05, 3.63) is 0 Å². The zero-order chi connectivity index (χ0) is 0. The molecule has 0 aromatic rings. The quantitative estimate of drug-likeness (QED) is 0.268. The molecule has 0 radical (unpaired) electrons. The fourth-order valence-electron chi connectivity index (χ4n) is 0. The molecule has 0 aliphatic rings. The van der Waals surface area contributed by atoms with Crippen molar-refractivity contribution in [2.45, 2.75) is 0 Å². The molecule has 0 aromatic heterocycles. The zero-order valence-corrected chi connectivity index (χ0v) is 0. The molecule has 0 heterocycles.